The minimum atomic E-state index is 0.913. The lowest BCUT2D eigenvalue weighted by atomic mass is 9.77. The molecule has 0 N–H and O–H groups in total. The van der Waals surface area contributed by atoms with Gasteiger partial charge in [0.05, 0.1) is 0 Å². The van der Waals surface area contributed by atoms with Crippen LogP contribution in [0.25, 0.3) is 0 Å². The highest BCUT2D eigenvalue weighted by Gasteiger charge is 2.20. The maximum Gasteiger partial charge on any atom is -0.0391 e. The molecule has 0 aromatic heterocycles. The van der Waals surface area contributed by atoms with Gasteiger partial charge in [-0.15, -0.1) is 0 Å². The van der Waals surface area contributed by atoms with E-state index in [1.54, 1.807) is 0 Å². The largest absolute Gasteiger partial charge is 0.0654 e. The summed E-state index contributed by atoms with van der Waals surface area (Å²) in [6.07, 6.45) is 8.29. The van der Waals surface area contributed by atoms with Crippen LogP contribution in [-0.4, -0.2) is 0 Å². The Morgan fingerprint density at radius 2 is 1.12 bits per heavy atom. The third-order valence-corrected chi connectivity index (χ3v) is 4.59. The summed E-state index contributed by atoms with van der Waals surface area (Å²) < 4.78 is 0. The molecule has 0 radical (unpaired) electrons. The van der Waals surface area contributed by atoms with Gasteiger partial charge in [-0.1, -0.05) is 73.6 Å². The van der Waals surface area contributed by atoms with Gasteiger partial charge in [-0.25, -0.2) is 0 Å². The maximum atomic E-state index is 2.47. The van der Waals surface area contributed by atoms with E-state index in [2.05, 4.69) is 41.5 Å². The number of hydrogen-bond acceptors (Lipinski definition) is 0. The Labute approximate surface area is 104 Å². The zero-order valence-electron chi connectivity index (χ0n) is 12.6. The summed E-state index contributed by atoms with van der Waals surface area (Å²) in [7, 11) is 0. The smallest absolute Gasteiger partial charge is 0.0391 e. The second kappa shape index (κ2) is 9.07. The molecule has 0 amide bonds. The van der Waals surface area contributed by atoms with Crippen molar-refractivity contribution in [1.29, 1.82) is 0 Å². The molecule has 98 valence electrons. The van der Waals surface area contributed by atoms with Crippen molar-refractivity contribution in [3.8, 4) is 0 Å². The first-order chi connectivity index (χ1) is 7.60. The SMILES string of the molecule is CCCC(CC)C(C)CC(C)C(CC)CC. The van der Waals surface area contributed by atoms with Crippen LogP contribution in [0.1, 0.15) is 80.1 Å². The highest BCUT2D eigenvalue weighted by Crippen LogP contribution is 2.31. The van der Waals surface area contributed by atoms with Crippen molar-refractivity contribution in [3.05, 3.63) is 0 Å². The van der Waals surface area contributed by atoms with Crippen molar-refractivity contribution in [2.24, 2.45) is 23.7 Å². The van der Waals surface area contributed by atoms with E-state index in [4.69, 9.17) is 0 Å². The van der Waals surface area contributed by atoms with E-state index in [1.807, 2.05) is 0 Å². The van der Waals surface area contributed by atoms with Crippen molar-refractivity contribution >= 4 is 0 Å². The van der Waals surface area contributed by atoms with Crippen molar-refractivity contribution in [3.63, 3.8) is 0 Å². The van der Waals surface area contributed by atoms with E-state index in [0.29, 0.717) is 0 Å². The summed E-state index contributed by atoms with van der Waals surface area (Å²) in [5.74, 6) is 3.74. The van der Waals surface area contributed by atoms with E-state index in [-0.39, 0.29) is 0 Å². The molecule has 0 rings (SSSR count). The van der Waals surface area contributed by atoms with Gasteiger partial charge in [-0.3, -0.25) is 0 Å². The lowest BCUT2D eigenvalue weighted by molar-refractivity contribution is 0.221. The van der Waals surface area contributed by atoms with Crippen LogP contribution in [0.5, 0.6) is 0 Å². The normalized spacial score (nSPS) is 17.4. The molecule has 0 spiro atoms. The molecule has 0 saturated carbocycles. The van der Waals surface area contributed by atoms with Gasteiger partial charge in [0.2, 0.25) is 0 Å². The van der Waals surface area contributed by atoms with Crippen LogP contribution in [0.3, 0.4) is 0 Å². The number of hydrogen-bond donors (Lipinski definition) is 0. The molecule has 0 heteroatoms. The average Bonchev–Trinajstić information content (AvgIpc) is 2.27. The fourth-order valence-corrected chi connectivity index (χ4v) is 3.33. The highest BCUT2D eigenvalue weighted by atomic mass is 14.3. The summed E-state index contributed by atoms with van der Waals surface area (Å²) in [6.45, 7) is 14.3. The second-order valence-corrected chi connectivity index (χ2v) is 5.72. The monoisotopic (exact) mass is 226 g/mol. The van der Waals surface area contributed by atoms with E-state index in [9.17, 15) is 0 Å². The molecule has 0 aliphatic rings. The van der Waals surface area contributed by atoms with Crippen LogP contribution < -0.4 is 0 Å². The Hall–Kier alpha value is 0. The Kier molecular flexibility index (Phi) is 9.07. The second-order valence-electron chi connectivity index (χ2n) is 5.72. The van der Waals surface area contributed by atoms with E-state index < -0.39 is 0 Å². The maximum absolute atomic E-state index is 2.47. The van der Waals surface area contributed by atoms with Gasteiger partial charge in [-0.2, -0.15) is 0 Å². The molecule has 3 unspecified atom stereocenters. The van der Waals surface area contributed by atoms with Crippen molar-refractivity contribution in [2.45, 2.75) is 80.1 Å². The Balaban J connectivity index is 4.13. The summed E-state index contributed by atoms with van der Waals surface area (Å²) in [5, 5.41) is 0. The molecule has 0 nitrogen and oxygen atoms in total. The van der Waals surface area contributed by atoms with Gasteiger partial charge in [0.1, 0.15) is 0 Å². The number of rotatable bonds is 9. The summed E-state index contributed by atoms with van der Waals surface area (Å²) in [6, 6.07) is 0. The first-order valence-corrected chi connectivity index (χ1v) is 7.60. The first kappa shape index (κ1) is 16.0. The van der Waals surface area contributed by atoms with Gasteiger partial charge in [0.15, 0.2) is 0 Å². The molecule has 0 bridgehead atoms. The minimum Gasteiger partial charge on any atom is -0.0654 e. The Morgan fingerprint density at radius 1 is 0.688 bits per heavy atom. The first-order valence-electron chi connectivity index (χ1n) is 7.60. The zero-order valence-corrected chi connectivity index (χ0v) is 12.6. The van der Waals surface area contributed by atoms with Crippen LogP contribution in [0.2, 0.25) is 0 Å². The lowest BCUT2D eigenvalue weighted by Crippen LogP contribution is -2.18. The van der Waals surface area contributed by atoms with Crippen LogP contribution in [0.4, 0.5) is 0 Å². The van der Waals surface area contributed by atoms with Gasteiger partial charge in [0.25, 0.3) is 0 Å². The summed E-state index contributed by atoms with van der Waals surface area (Å²) in [4.78, 5) is 0. The van der Waals surface area contributed by atoms with Crippen LogP contribution >= 0.6 is 0 Å². The fraction of sp³-hybridized carbons (Fsp3) is 1.00. The highest BCUT2D eigenvalue weighted by molar-refractivity contribution is 4.71. The fourth-order valence-electron chi connectivity index (χ4n) is 3.33. The lowest BCUT2D eigenvalue weighted by Gasteiger charge is -2.29. The zero-order chi connectivity index (χ0) is 12.6. The van der Waals surface area contributed by atoms with E-state index in [1.165, 1.54) is 38.5 Å². The average molecular weight is 226 g/mol. The van der Waals surface area contributed by atoms with E-state index >= 15 is 0 Å². The predicted octanol–water partition coefficient (Wildman–Crippen LogP) is 5.91. The summed E-state index contributed by atoms with van der Waals surface area (Å²) >= 11 is 0. The standard InChI is InChI=1S/C16H34/c1-7-11-16(10-4)14(6)12-13(5)15(8-2)9-3/h13-16H,7-12H2,1-6H3. The third-order valence-electron chi connectivity index (χ3n) is 4.59. The predicted molar refractivity (Wildman–Crippen MR) is 75.7 cm³/mol. The topological polar surface area (TPSA) is 0 Å². The van der Waals surface area contributed by atoms with Crippen molar-refractivity contribution < 1.29 is 0 Å². The van der Waals surface area contributed by atoms with Crippen LogP contribution in [0.15, 0.2) is 0 Å². The van der Waals surface area contributed by atoms with Gasteiger partial charge >= 0.3 is 0 Å². The Bertz CT molecular complexity index is 146. The van der Waals surface area contributed by atoms with Gasteiger partial charge < -0.3 is 0 Å². The Morgan fingerprint density at radius 3 is 1.50 bits per heavy atom. The third kappa shape index (κ3) is 5.37. The quantitative estimate of drug-likeness (QED) is 0.458. The molecule has 0 aromatic rings. The van der Waals surface area contributed by atoms with Gasteiger partial charge in [-0.05, 0) is 30.1 Å². The van der Waals surface area contributed by atoms with Crippen LogP contribution in [0, 0.1) is 23.7 Å². The molecule has 0 aliphatic carbocycles. The van der Waals surface area contributed by atoms with Crippen molar-refractivity contribution in [2.75, 3.05) is 0 Å². The molecule has 3 atom stereocenters. The molecular weight excluding hydrogens is 192 g/mol. The summed E-state index contributed by atoms with van der Waals surface area (Å²) in [5.41, 5.74) is 0. The molecule has 16 heavy (non-hydrogen) atoms. The molecule has 0 fully saturated rings. The van der Waals surface area contributed by atoms with E-state index in [0.717, 1.165) is 23.7 Å². The van der Waals surface area contributed by atoms with Crippen molar-refractivity contribution in [1.82, 2.24) is 0 Å². The molecule has 0 aromatic carbocycles. The molecular formula is C16H34. The molecule has 0 aliphatic heterocycles. The molecule has 0 heterocycles. The minimum absolute atomic E-state index is 0.913. The van der Waals surface area contributed by atoms with Gasteiger partial charge in [0, 0.05) is 0 Å². The molecule has 0 saturated heterocycles. The van der Waals surface area contributed by atoms with Crippen LogP contribution in [-0.2, 0) is 0 Å².